The molecule has 4 aromatic heterocycles. The molecular formula is C29H34ClN7O3. The first-order valence-electron chi connectivity index (χ1n) is 14.5. The van der Waals surface area contributed by atoms with Crippen LogP contribution in [0, 0.1) is 11.8 Å². The molecule has 7 rings (SSSR count). The number of aromatic nitrogens is 6. The van der Waals surface area contributed by atoms with Crippen molar-refractivity contribution in [3.8, 4) is 22.8 Å². The van der Waals surface area contributed by atoms with E-state index in [1.807, 2.05) is 12.1 Å². The molecule has 3 fully saturated rings. The summed E-state index contributed by atoms with van der Waals surface area (Å²) < 4.78 is 13.4. The third kappa shape index (κ3) is 4.71. The van der Waals surface area contributed by atoms with Crippen molar-refractivity contribution in [3.05, 3.63) is 40.1 Å². The van der Waals surface area contributed by atoms with Crippen molar-refractivity contribution in [1.82, 2.24) is 29.7 Å². The number of imidazole rings is 1. The number of fused-ring (bicyclic) bond motifs is 2. The maximum absolute atomic E-state index is 11.8. The van der Waals surface area contributed by atoms with Gasteiger partial charge < -0.3 is 14.2 Å². The number of anilines is 1. The normalized spacial score (nSPS) is 25.0. The van der Waals surface area contributed by atoms with Gasteiger partial charge in [-0.25, -0.2) is 14.8 Å². The van der Waals surface area contributed by atoms with Gasteiger partial charge >= 0.3 is 5.76 Å². The number of hydrogen-bond acceptors (Lipinski definition) is 8. The van der Waals surface area contributed by atoms with Crippen molar-refractivity contribution in [1.29, 1.82) is 0 Å². The van der Waals surface area contributed by atoms with Gasteiger partial charge in [0.15, 0.2) is 0 Å². The van der Waals surface area contributed by atoms with Crippen molar-refractivity contribution in [2.45, 2.75) is 77.0 Å². The summed E-state index contributed by atoms with van der Waals surface area (Å²) in [4.78, 5) is 31.5. The van der Waals surface area contributed by atoms with E-state index in [0.29, 0.717) is 35.0 Å². The molecule has 3 aliphatic rings. The van der Waals surface area contributed by atoms with Crippen molar-refractivity contribution < 1.29 is 9.26 Å². The van der Waals surface area contributed by atoms with Crippen LogP contribution in [0.15, 0.2) is 33.8 Å². The summed E-state index contributed by atoms with van der Waals surface area (Å²) in [7, 11) is 0. The second-order valence-electron chi connectivity index (χ2n) is 11.5. The first-order valence-corrected chi connectivity index (χ1v) is 14.9. The Kier molecular flexibility index (Phi) is 6.83. The maximum Gasteiger partial charge on any atom is 0.439 e. The highest BCUT2D eigenvalue weighted by atomic mass is 35.5. The molecule has 0 aromatic carbocycles. The van der Waals surface area contributed by atoms with E-state index in [2.05, 4.69) is 31.5 Å². The summed E-state index contributed by atoms with van der Waals surface area (Å²) in [6.45, 7) is 4.68. The zero-order valence-electron chi connectivity index (χ0n) is 22.7. The Balaban J connectivity index is 1.42. The van der Waals surface area contributed by atoms with Crippen molar-refractivity contribution in [2.75, 3.05) is 18.1 Å². The van der Waals surface area contributed by atoms with Gasteiger partial charge in [-0.3, -0.25) is 14.5 Å². The molecular weight excluding hydrogens is 530 g/mol. The lowest BCUT2D eigenvalue weighted by Gasteiger charge is -2.39. The number of hydrogen-bond donors (Lipinski definition) is 1. The van der Waals surface area contributed by atoms with Gasteiger partial charge in [-0.1, -0.05) is 42.9 Å². The Labute approximate surface area is 237 Å². The predicted molar refractivity (Wildman–Crippen MR) is 152 cm³/mol. The fourth-order valence-corrected chi connectivity index (χ4v) is 7.17. The number of morpholine rings is 1. The lowest BCUT2D eigenvalue weighted by molar-refractivity contribution is 0.0247. The number of nitrogens with zero attached hydrogens (tertiary/aromatic N) is 6. The lowest BCUT2D eigenvalue weighted by Crippen LogP contribution is -2.49. The summed E-state index contributed by atoms with van der Waals surface area (Å²) in [6, 6.07) is 4.08. The molecule has 2 aliphatic carbocycles. The first-order chi connectivity index (χ1) is 19.6. The van der Waals surface area contributed by atoms with E-state index in [9.17, 15) is 4.79 Å². The van der Waals surface area contributed by atoms with Crippen LogP contribution in [-0.4, -0.2) is 55.0 Å². The van der Waals surface area contributed by atoms with E-state index >= 15 is 0 Å². The molecule has 1 N–H and O–H groups in total. The maximum atomic E-state index is 11.8. The average molecular weight is 564 g/mol. The van der Waals surface area contributed by atoms with E-state index in [0.717, 1.165) is 60.8 Å². The van der Waals surface area contributed by atoms with Gasteiger partial charge in [-0.05, 0) is 56.1 Å². The Bertz CT molecular complexity index is 1570. The number of ether oxygens (including phenoxy) is 1. The van der Waals surface area contributed by atoms with Crippen LogP contribution in [-0.2, 0) is 11.3 Å². The van der Waals surface area contributed by atoms with Gasteiger partial charge in [-0.15, -0.1) is 0 Å². The minimum atomic E-state index is -0.627. The zero-order valence-corrected chi connectivity index (χ0v) is 23.4. The molecule has 0 bridgehead atoms. The molecule has 2 atom stereocenters. The fraction of sp³-hybridized carbons (Fsp3) is 0.552. The largest absolute Gasteiger partial charge is 0.439 e. The van der Waals surface area contributed by atoms with Crippen molar-refractivity contribution >= 4 is 28.6 Å². The highest BCUT2D eigenvalue weighted by Crippen LogP contribution is 2.40. The van der Waals surface area contributed by atoms with Gasteiger partial charge in [-0.2, -0.15) is 0 Å². The average Bonchev–Trinajstić information content (AvgIpc) is 3.71. The van der Waals surface area contributed by atoms with Gasteiger partial charge in [0.1, 0.15) is 5.69 Å². The Morgan fingerprint density at radius 1 is 1.07 bits per heavy atom. The summed E-state index contributed by atoms with van der Waals surface area (Å²) in [5.74, 6) is 2.00. The van der Waals surface area contributed by atoms with Crippen LogP contribution in [0.3, 0.4) is 0 Å². The second kappa shape index (κ2) is 10.6. The molecule has 0 unspecified atom stereocenters. The third-order valence-corrected chi connectivity index (χ3v) is 9.30. The van der Waals surface area contributed by atoms with E-state index in [1.165, 1.54) is 32.1 Å². The molecule has 1 aliphatic heterocycles. The molecule has 0 spiro atoms. The Hall–Kier alpha value is -3.24. The molecule has 210 valence electrons. The van der Waals surface area contributed by atoms with Gasteiger partial charge in [0.05, 0.1) is 40.5 Å². The van der Waals surface area contributed by atoms with Gasteiger partial charge in [0.2, 0.25) is 11.8 Å². The molecule has 4 aromatic rings. The van der Waals surface area contributed by atoms with Crippen LogP contribution in [0.25, 0.3) is 33.8 Å². The minimum Gasteiger partial charge on any atom is -0.374 e. The standard InChI is InChI=1S/C29H34ClN7O3/c1-2-17-6-8-18(9-7-17)16-37-26-21(33-28(37)36-10-11-39-24-5-3-4-23(24)36)13-22(27-34-29(38)40-35-27)32-25(26)19-12-20(30)15-31-14-19/h12-15,17-18,23-24H,2-11,16H2,1H3,(H,34,35,38)/t17?,18?,23-,24-/m0/s1. The van der Waals surface area contributed by atoms with Gasteiger partial charge in [0, 0.05) is 31.0 Å². The number of nitrogens with one attached hydrogen (secondary N) is 1. The summed E-state index contributed by atoms with van der Waals surface area (Å²) in [5, 5.41) is 4.43. The van der Waals surface area contributed by atoms with E-state index in [-0.39, 0.29) is 11.9 Å². The number of halogens is 1. The molecule has 11 heteroatoms. The number of rotatable bonds is 6. The second-order valence-corrected chi connectivity index (χ2v) is 11.9. The highest BCUT2D eigenvalue weighted by molar-refractivity contribution is 6.30. The number of pyridine rings is 2. The molecule has 5 heterocycles. The quantitative estimate of drug-likeness (QED) is 0.329. The first kappa shape index (κ1) is 25.7. The fourth-order valence-electron chi connectivity index (χ4n) is 7.00. The van der Waals surface area contributed by atoms with Crippen molar-refractivity contribution in [3.63, 3.8) is 0 Å². The van der Waals surface area contributed by atoms with Crippen LogP contribution in [0.4, 0.5) is 5.95 Å². The summed E-state index contributed by atoms with van der Waals surface area (Å²) in [5.41, 5.74) is 3.72. The smallest absolute Gasteiger partial charge is 0.374 e. The molecule has 1 saturated heterocycles. The van der Waals surface area contributed by atoms with Crippen LogP contribution in [0.5, 0.6) is 0 Å². The third-order valence-electron chi connectivity index (χ3n) is 9.09. The van der Waals surface area contributed by atoms with Crippen LogP contribution in [0.2, 0.25) is 5.02 Å². The molecule has 0 radical (unpaired) electrons. The Morgan fingerprint density at radius 3 is 2.70 bits per heavy atom. The lowest BCUT2D eigenvalue weighted by atomic mass is 9.81. The SMILES string of the molecule is CCC1CCC(Cn2c(N3CCO[C@H]4CCC[C@@H]43)nc3cc(-c4noc(=O)[nH]4)nc(-c4cncc(Cl)c4)c32)CC1. The monoisotopic (exact) mass is 563 g/mol. The predicted octanol–water partition coefficient (Wildman–Crippen LogP) is 5.46. The topological polar surface area (TPSA) is 115 Å². The number of H-pyrrole nitrogens is 1. The van der Waals surface area contributed by atoms with Crippen molar-refractivity contribution in [2.24, 2.45) is 11.8 Å². The van der Waals surface area contributed by atoms with E-state index in [1.54, 1.807) is 12.4 Å². The van der Waals surface area contributed by atoms with Crippen LogP contribution < -0.4 is 10.7 Å². The Morgan fingerprint density at radius 2 is 1.93 bits per heavy atom. The summed E-state index contributed by atoms with van der Waals surface area (Å²) in [6.07, 6.45) is 13.2. The molecule has 2 saturated carbocycles. The van der Waals surface area contributed by atoms with Gasteiger partial charge in [0.25, 0.3) is 0 Å². The van der Waals surface area contributed by atoms with Crippen LogP contribution in [0.1, 0.15) is 58.3 Å². The molecule has 0 amide bonds. The zero-order chi connectivity index (χ0) is 27.2. The number of aromatic amines is 1. The molecule has 40 heavy (non-hydrogen) atoms. The minimum absolute atomic E-state index is 0.243. The highest BCUT2D eigenvalue weighted by Gasteiger charge is 2.39. The van der Waals surface area contributed by atoms with Crippen LogP contribution >= 0.6 is 11.6 Å². The van der Waals surface area contributed by atoms with E-state index < -0.39 is 5.76 Å². The molecule has 10 nitrogen and oxygen atoms in total. The van der Waals surface area contributed by atoms with E-state index in [4.69, 9.17) is 30.8 Å². The summed E-state index contributed by atoms with van der Waals surface area (Å²) >= 11 is 6.41.